The molecule has 0 atom stereocenters. The third-order valence-corrected chi connectivity index (χ3v) is 7.80. The fourth-order valence-electron chi connectivity index (χ4n) is 2.97. The number of rotatable bonds is 23. The maximum atomic E-state index is 12.4. The van der Waals surface area contributed by atoms with E-state index in [0.29, 0.717) is 37.6 Å². The molecule has 0 saturated heterocycles. The molecule has 206 valence electrons. The van der Waals surface area contributed by atoms with Gasteiger partial charge in [0, 0.05) is 30.2 Å². The second-order valence-corrected chi connectivity index (χ2v) is 12.3. The number of amides is 1. The number of hydrogen-bond acceptors (Lipinski definition) is 9. The van der Waals surface area contributed by atoms with Crippen LogP contribution in [0.3, 0.4) is 0 Å². The largest absolute Gasteiger partial charge is 0.461 e. The zero-order valence-corrected chi connectivity index (χ0v) is 24.3. The van der Waals surface area contributed by atoms with Crippen LogP contribution in [0.4, 0.5) is 4.79 Å². The Morgan fingerprint density at radius 3 is 1.89 bits per heavy atom. The van der Waals surface area contributed by atoms with Crippen molar-refractivity contribution in [3.8, 4) is 0 Å². The van der Waals surface area contributed by atoms with Crippen molar-refractivity contribution in [2.24, 2.45) is 0 Å². The summed E-state index contributed by atoms with van der Waals surface area (Å²) in [5, 5.41) is 10.2. The van der Waals surface area contributed by atoms with E-state index in [9.17, 15) is 9.59 Å². The molecule has 0 aromatic rings. The smallest absolute Gasteiger partial charge is 0.409 e. The molecular weight excluding hydrogens is 484 g/mol. The van der Waals surface area contributed by atoms with Gasteiger partial charge in [-0.1, -0.05) is 13.5 Å². The van der Waals surface area contributed by atoms with Gasteiger partial charge in [-0.2, -0.15) is 0 Å². The van der Waals surface area contributed by atoms with Crippen molar-refractivity contribution in [2.45, 2.75) is 58.0 Å². The molecule has 0 fully saturated rings. The molecule has 0 spiro atoms. The van der Waals surface area contributed by atoms with Crippen molar-refractivity contribution < 1.29 is 19.1 Å². The third kappa shape index (κ3) is 20.9. The normalized spacial score (nSPS) is 11.3. The van der Waals surface area contributed by atoms with Gasteiger partial charge >= 0.3 is 12.1 Å². The van der Waals surface area contributed by atoms with Crippen LogP contribution in [-0.4, -0.2) is 98.1 Å². The van der Waals surface area contributed by atoms with E-state index in [0.717, 1.165) is 64.3 Å². The van der Waals surface area contributed by atoms with E-state index in [1.807, 2.05) is 6.92 Å². The molecule has 0 aliphatic rings. The second-order valence-electron chi connectivity index (χ2n) is 8.62. The van der Waals surface area contributed by atoms with Crippen LogP contribution < -0.4 is 16.0 Å². The highest BCUT2D eigenvalue weighted by molar-refractivity contribution is 8.18. The summed E-state index contributed by atoms with van der Waals surface area (Å²) < 4.78 is 10.5. The van der Waals surface area contributed by atoms with Crippen LogP contribution in [0.15, 0.2) is 12.2 Å². The molecular formula is C25H50N4O4S2. The van der Waals surface area contributed by atoms with Crippen molar-refractivity contribution in [1.29, 1.82) is 0 Å². The fraction of sp³-hybridized carbons (Fsp3) is 0.840. The molecule has 0 radical (unpaired) electrons. The maximum absolute atomic E-state index is 12.4. The van der Waals surface area contributed by atoms with Crippen LogP contribution in [0, 0.1) is 0 Å². The van der Waals surface area contributed by atoms with E-state index in [4.69, 9.17) is 9.47 Å². The van der Waals surface area contributed by atoms with E-state index in [1.165, 1.54) is 0 Å². The first kappa shape index (κ1) is 34.1. The average molecular weight is 535 g/mol. The summed E-state index contributed by atoms with van der Waals surface area (Å²) in [6, 6.07) is 0. The molecule has 0 aromatic carbocycles. The summed E-state index contributed by atoms with van der Waals surface area (Å²) in [5.74, 6) is 1.08. The van der Waals surface area contributed by atoms with Crippen LogP contribution in [0.25, 0.3) is 0 Å². The lowest BCUT2D eigenvalue weighted by atomic mass is 10.3. The number of thioether (sulfide) groups is 2. The van der Waals surface area contributed by atoms with Gasteiger partial charge in [-0.3, -0.25) is 0 Å². The predicted octanol–water partition coefficient (Wildman–Crippen LogP) is 3.73. The molecule has 0 saturated carbocycles. The predicted molar refractivity (Wildman–Crippen MR) is 151 cm³/mol. The lowest BCUT2D eigenvalue weighted by Crippen LogP contribution is -2.34. The number of hydrogen-bond donors (Lipinski definition) is 3. The van der Waals surface area contributed by atoms with Crippen LogP contribution in [0.1, 0.15) is 53.9 Å². The minimum atomic E-state index is -0.349. The van der Waals surface area contributed by atoms with Crippen LogP contribution in [0.2, 0.25) is 0 Å². The molecule has 1 amide bonds. The first-order valence-corrected chi connectivity index (χ1v) is 14.8. The number of carbonyl (C=O) groups excluding carboxylic acids is 2. The highest BCUT2D eigenvalue weighted by Gasteiger charge is 2.20. The fourth-order valence-corrected chi connectivity index (χ4v) is 5.12. The standard InChI is InChI=1S/C25H50N4O4S2/c1-7-26-12-9-13-27-14-10-15-28-16-11-17-29(8-2)24(31)33-19-21-35-25(5,6)34-20-18-32-23(30)22(3)4/h26-28H,3,7-21H2,1-2,4-6H3. The van der Waals surface area contributed by atoms with Gasteiger partial charge in [-0.25, -0.2) is 9.59 Å². The number of nitrogens with zero attached hydrogens (tertiary/aromatic N) is 1. The van der Waals surface area contributed by atoms with Gasteiger partial charge in [0.05, 0.1) is 4.08 Å². The first-order chi connectivity index (χ1) is 16.7. The van der Waals surface area contributed by atoms with Gasteiger partial charge in [-0.15, -0.1) is 23.5 Å². The SMILES string of the molecule is C=C(C)C(=O)OCCSC(C)(C)SCCOC(=O)N(CC)CCCNCCCNCCCNCC. The molecule has 0 bridgehead atoms. The topological polar surface area (TPSA) is 91.9 Å². The quantitative estimate of drug-likeness (QED) is 0.0785. The van der Waals surface area contributed by atoms with E-state index < -0.39 is 0 Å². The van der Waals surface area contributed by atoms with Gasteiger partial charge in [0.25, 0.3) is 0 Å². The molecule has 0 heterocycles. The van der Waals surface area contributed by atoms with Crippen LogP contribution in [-0.2, 0) is 14.3 Å². The Morgan fingerprint density at radius 2 is 1.37 bits per heavy atom. The monoisotopic (exact) mass is 534 g/mol. The van der Waals surface area contributed by atoms with Crippen molar-refractivity contribution in [3.05, 3.63) is 12.2 Å². The molecule has 0 aromatic heterocycles. The molecule has 0 aliphatic heterocycles. The minimum Gasteiger partial charge on any atom is -0.461 e. The van der Waals surface area contributed by atoms with E-state index in [1.54, 1.807) is 35.3 Å². The molecule has 0 rings (SSSR count). The number of carbonyl (C=O) groups is 2. The highest BCUT2D eigenvalue weighted by atomic mass is 32.2. The number of esters is 1. The summed E-state index contributed by atoms with van der Waals surface area (Å²) in [7, 11) is 0. The number of nitrogens with one attached hydrogen (secondary N) is 3. The number of ether oxygens (including phenoxy) is 2. The Morgan fingerprint density at radius 1 is 0.857 bits per heavy atom. The van der Waals surface area contributed by atoms with E-state index in [2.05, 4.69) is 43.3 Å². The second kappa shape index (κ2) is 22.3. The minimum absolute atomic E-state index is 0.0556. The van der Waals surface area contributed by atoms with Crippen LogP contribution in [0.5, 0.6) is 0 Å². The Kier molecular flexibility index (Phi) is 21.7. The van der Waals surface area contributed by atoms with Gasteiger partial charge in [-0.05, 0) is 86.2 Å². The molecule has 3 N–H and O–H groups in total. The van der Waals surface area contributed by atoms with Gasteiger partial charge < -0.3 is 30.3 Å². The van der Waals surface area contributed by atoms with Crippen molar-refractivity contribution in [3.63, 3.8) is 0 Å². The molecule has 10 heteroatoms. The molecule has 35 heavy (non-hydrogen) atoms. The maximum Gasteiger partial charge on any atom is 0.409 e. The average Bonchev–Trinajstić information content (AvgIpc) is 2.82. The Balaban J connectivity index is 3.77. The summed E-state index contributed by atoms with van der Waals surface area (Å²) in [6.45, 7) is 21.7. The Labute approximate surface area is 222 Å². The zero-order chi connectivity index (χ0) is 26.4. The van der Waals surface area contributed by atoms with E-state index in [-0.39, 0.29) is 16.1 Å². The van der Waals surface area contributed by atoms with Crippen molar-refractivity contribution in [2.75, 3.05) is 77.1 Å². The summed E-state index contributed by atoms with van der Waals surface area (Å²) in [6.07, 6.45) is 2.93. The molecule has 0 aliphatic carbocycles. The lowest BCUT2D eigenvalue weighted by molar-refractivity contribution is -0.138. The van der Waals surface area contributed by atoms with Crippen molar-refractivity contribution in [1.82, 2.24) is 20.9 Å². The summed E-state index contributed by atoms with van der Waals surface area (Å²) in [4.78, 5) is 25.5. The van der Waals surface area contributed by atoms with Gasteiger partial charge in [0.2, 0.25) is 0 Å². The van der Waals surface area contributed by atoms with E-state index >= 15 is 0 Å². The zero-order valence-electron chi connectivity index (χ0n) is 22.7. The van der Waals surface area contributed by atoms with Gasteiger partial charge in [0.1, 0.15) is 13.2 Å². The Bertz CT molecular complexity index is 580. The molecule has 8 nitrogen and oxygen atoms in total. The summed E-state index contributed by atoms with van der Waals surface area (Å²) in [5.41, 5.74) is 0.414. The molecule has 0 unspecified atom stereocenters. The lowest BCUT2D eigenvalue weighted by Gasteiger charge is -2.24. The first-order valence-electron chi connectivity index (χ1n) is 12.9. The van der Waals surface area contributed by atoms with Crippen molar-refractivity contribution >= 4 is 35.6 Å². The van der Waals surface area contributed by atoms with Crippen LogP contribution >= 0.6 is 23.5 Å². The highest BCUT2D eigenvalue weighted by Crippen LogP contribution is 2.36. The summed E-state index contributed by atoms with van der Waals surface area (Å²) >= 11 is 3.45. The Hall–Kier alpha value is -0.940. The third-order valence-electron chi connectivity index (χ3n) is 4.96. The van der Waals surface area contributed by atoms with Gasteiger partial charge in [0.15, 0.2) is 0 Å².